The van der Waals surface area contributed by atoms with Crippen LogP contribution in [0, 0.1) is 11.8 Å². The molecular weight excluding hydrogens is 230 g/mol. The number of nitrogens with one attached hydrogen (secondary N) is 1. The number of aromatic carboxylic acids is 1. The summed E-state index contributed by atoms with van der Waals surface area (Å²) in [7, 11) is 0. The van der Waals surface area contributed by atoms with Crippen molar-refractivity contribution < 1.29 is 9.90 Å². The van der Waals surface area contributed by atoms with Crippen LogP contribution in [0.25, 0.3) is 0 Å². The van der Waals surface area contributed by atoms with Gasteiger partial charge < -0.3 is 10.4 Å². The van der Waals surface area contributed by atoms with Crippen LogP contribution in [-0.4, -0.2) is 27.3 Å². The first-order chi connectivity index (χ1) is 8.58. The fourth-order valence-electron chi connectivity index (χ4n) is 2.48. The van der Waals surface area contributed by atoms with E-state index < -0.39 is 5.97 Å². The Morgan fingerprint density at radius 1 is 1.39 bits per heavy atom. The molecule has 1 aliphatic rings. The molecule has 0 aliphatic heterocycles. The van der Waals surface area contributed by atoms with E-state index in [9.17, 15) is 4.79 Å². The van der Waals surface area contributed by atoms with Gasteiger partial charge in [0, 0.05) is 6.04 Å². The summed E-state index contributed by atoms with van der Waals surface area (Å²) in [5.41, 5.74) is 0.191. The molecule has 0 radical (unpaired) electrons. The van der Waals surface area contributed by atoms with Crippen molar-refractivity contribution in [1.29, 1.82) is 0 Å². The minimum atomic E-state index is -0.968. The Labute approximate surface area is 107 Å². The third-order valence-corrected chi connectivity index (χ3v) is 3.89. The molecule has 1 aromatic heterocycles. The summed E-state index contributed by atoms with van der Waals surface area (Å²) in [6.45, 7) is 4.51. The molecule has 98 valence electrons. The Hall–Kier alpha value is -1.65. The average Bonchev–Trinajstić information content (AvgIpc) is 2.34. The van der Waals surface area contributed by atoms with E-state index in [0.717, 1.165) is 18.8 Å². The molecule has 0 spiro atoms. The van der Waals surface area contributed by atoms with Crippen molar-refractivity contribution in [1.82, 2.24) is 10.2 Å². The molecule has 3 unspecified atom stereocenters. The Balaban J connectivity index is 2.08. The van der Waals surface area contributed by atoms with Crippen molar-refractivity contribution in [2.24, 2.45) is 11.8 Å². The highest BCUT2D eigenvalue weighted by Crippen LogP contribution is 2.31. The van der Waals surface area contributed by atoms with Crippen molar-refractivity contribution in [2.75, 3.05) is 5.32 Å². The largest absolute Gasteiger partial charge is 0.478 e. The number of rotatable bonds is 3. The molecule has 1 saturated carbocycles. The lowest BCUT2D eigenvalue weighted by Gasteiger charge is -2.32. The van der Waals surface area contributed by atoms with Gasteiger partial charge >= 0.3 is 5.97 Å². The number of nitrogens with zero attached hydrogens (tertiary/aromatic N) is 2. The van der Waals surface area contributed by atoms with Crippen LogP contribution in [0.4, 0.5) is 5.82 Å². The number of aromatic nitrogens is 2. The maximum absolute atomic E-state index is 11.1. The molecule has 0 amide bonds. The molecule has 1 fully saturated rings. The summed E-state index contributed by atoms with van der Waals surface area (Å²) in [5, 5.41) is 20.0. The van der Waals surface area contributed by atoms with Crippen LogP contribution >= 0.6 is 0 Å². The van der Waals surface area contributed by atoms with Crippen molar-refractivity contribution in [3.05, 3.63) is 17.8 Å². The second-order valence-electron chi connectivity index (χ2n) is 5.21. The van der Waals surface area contributed by atoms with Crippen molar-refractivity contribution in [2.45, 2.75) is 39.2 Å². The van der Waals surface area contributed by atoms with Crippen molar-refractivity contribution >= 4 is 11.8 Å². The van der Waals surface area contributed by atoms with Gasteiger partial charge in [-0.25, -0.2) is 4.79 Å². The highest BCUT2D eigenvalue weighted by Gasteiger charge is 2.25. The lowest BCUT2D eigenvalue weighted by molar-refractivity contribution is 0.0697. The van der Waals surface area contributed by atoms with E-state index >= 15 is 0 Å². The normalized spacial score (nSPS) is 27.8. The maximum Gasteiger partial charge on any atom is 0.339 e. The summed E-state index contributed by atoms with van der Waals surface area (Å²) >= 11 is 0. The van der Waals surface area contributed by atoms with E-state index in [2.05, 4.69) is 29.4 Å². The van der Waals surface area contributed by atoms with Crippen LogP contribution in [-0.2, 0) is 0 Å². The van der Waals surface area contributed by atoms with Gasteiger partial charge in [0.2, 0.25) is 0 Å². The van der Waals surface area contributed by atoms with E-state index in [-0.39, 0.29) is 5.56 Å². The SMILES string of the molecule is CC1CCC(Nc2nnccc2C(=O)O)CC1C. The smallest absolute Gasteiger partial charge is 0.339 e. The minimum Gasteiger partial charge on any atom is -0.478 e. The fraction of sp³-hybridized carbons (Fsp3) is 0.615. The van der Waals surface area contributed by atoms with Gasteiger partial charge in [-0.1, -0.05) is 13.8 Å². The van der Waals surface area contributed by atoms with Crippen molar-refractivity contribution in [3.8, 4) is 0 Å². The maximum atomic E-state index is 11.1. The molecule has 1 heterocycles. The Kier molecular flexibility index (Phi) is 3.79. The summed E-state index contributed by atoms with van der Waals surface area (Å²) in [6.07, 6.45) is 4.68. The van der Waals surface area contributed by atoms with Gasteiger partial charge in [-0.05, 0) is 37.2 Å². The van der Waals surface area contributed by atoms with Gasteiger partial charge in [0.05, 0.1) is 6.20 Å². The molecule has 1 aliphatic carbocycles. The molecule has 0 aromatic carbocycles. The van der Waals surface area contributed by atoms with Gasteiger partial charge in [0.15, 0.2) is 5.82 Å². The molecule has 2 N–H and O–H groups in total. The third kappa shape index (κ3) is 2.78. The van der Waals surface area contributed by atoms with Crippen LogP contribution in [0.5, 0.6) is 0 Å². The first-order valence-corrected chi connectivity index (χ1v) is 6.39. The first-order valence-electron chi connectivity index (χ1n) is 6.39. The van der Waals surface area contributed by atoms with E-state index in [0.29, 0.717) is 17.8 Å². The summed E-state index contributed by atoms with van der Waals surface area (Å²) in [4.78, 5) is 11.1. The van der Waals surface area contributed by atoms with Crippen LogP contribution in [0.15, 0.2) is 12.3 Å². The lowest BCUT2D eigenvalue weighted by atomic mass is 9.79. The fourth-order valence-corrected chi connectivity index (χ4v) is 2.48. The lowest BCUT2D eigenvalue weighted by Crippen LogP contribution is -2.31. The molecule has 2 rings (SSSR count). The van der Waals surface area contributed by atoms with Crippen molar-refractivity contribution in [3.63, 3.8) is 0 Å². The zero-order valence-electron chi connectivity index (χ0n) is 10.8. The third-order valence-electron chi connectivity index (χ3n) is 3.89. The van der Waals surface area contributed by atoms with Gasteiger partial charge in [-0.2, -0.15) is 5.10 Å². The number of hydrogen-bond acceptors (Lipinski definition) is 4. The first kappa shape index (κ1) is 12.8. The highest BCUT2D eigenvalue weighted by atomic mass is 16.4. The molecular formula is C13H19N3O2. The zero-order chi connectivity index (χ0) is 13.1. The summed E-state index contributed by atoms with van der Waals surface area (Å²) in [5.74, 6) is 0.812. The Bertz CT molecular complexity index is 436. The number of carbonyl (C=O) groups is 1. The van der Waals surface area contributed by atoms with Crippen LogP contribution in [0.2, 0.25) is 0 Å². The van der Waals surface area contributed by atoms with E-state index in [1.807, 2.05) is 0 Å². The van der Waals surface area contributed by atoms with E-state index in [1.165, 1.54) is 18.7 Å². The highest BCUT2D eigenvalue weighted by molar-refractivity contribution is 5.92. The molecule has 5 heteroatoms. The zero-order valence-corrected chi connectivity index (χ0v) is 10.8. The Morgan fingerprint density at radius 3 is 2.83 bits per heavy atom. The topological polar surface area (TPSA) is 75.1 Å². The average molecular weight is 249 g/mol. The van der Waals surface area contributed by atoms with Crippen LogP contribution in [0.3, 0.4) is 0 Å². The number of anilines is 1. The van der Waals surface area contributed by atoms with Gasteiger partial charge in [-0.3, -0.25) is 0 Å². The minimum absolute atomic E-state index is 0.191. The van der Waals surface area contributed by atoms with Gasteiger partial charge in [0.25, 0.3) is 0 Å². The standard InChI is InChI=1S/C13H19N3O2/c1-8-3-4-10(7-9(8)2)15-12-11(13(17)18)5-6-14-16-12/h5-6,8-10H,3-4,7H2,1-2H3,(H,15,16)(H,17,18). The molecule has 0 saturated heterocycles. The summed E-state index contributed by atoms with van der Waals surface area (Å²) < 4.78 is 0. The quantitative estimate of drug-likeness (QED) is 0.860. The van der Waals surface area contributed by atoms with Gasteiger partial charge in [-0.15, -0.1) is 5.10 Å². The number of hydrogen-bond donors (Lipinski definition) is 2. The predicted octanol–water partition coefficient (Wildman–Crippen LogP) is 2.41. The number of carboxylic acids is 1. The molecule has 0 bridgehead atoms. The number of carboxylic acid groups (broad SMARTS) is 1. The van der Waals surface area contributed by atoms with Crippen LogP contribution in [0.1, 0.15) is 43.5 Å². The molecule has 18 heavy (non-hydrogen) atoms. The van der Waals surface area contributed by atoms with Crippen LogP contribution < -0.4 is 5.32 Å². The Morgan fingerprint density at radius 2 is 2.17 bits per heavy atom. The molecule has 3 atom stereocenters. The second-order valence-corrected chi connectivity index (χ2v) is 5.21. The second kappa shape index (κ2) is 5.33. The van der Waals surface area contributed by atoms with E-state index in [1.54, 1.807) is 0 Å². The summed E-state index contributed by atoms with van der Waals surface area (Å²) in [6, 6.07) is 1.78. The van der Waals surface area contributed by atoms with E-state index in [4.69, 9.17) is 5.11 Å². The van der Waals surface area contributed by atoms with Gasteiger partial charge in [0.1, 0.15) is 5.56 Å². The molecule has 1 aromatic rings. The molecule has 5 nitrogen and oxygen atoms in total. The predicted molar refractivity (Wildman–Crippen MR) is 68.6 cm³/mol. The monoisotopic (exact) mass is 249 g/mol.